The summed E-state index contributed by atoms with van der Waals surface area (Å²) >= 11 is 0. The zero-order chi connectivity index (χ0) is 18.3. The molecule has 0 radical (unpaired) electrons. The second-order valence-electron chi connectivity index (χ2n) is 7.73. The second kappa shape index (κ2) is 6.76. The van der Waals surface area contributed by atoms with E-state index in [9.17, 15) is 9.90 Å². The van der Waals surface area contributed by atoms with Gasteiger partial charge in [-0.25, -0.2) is 4.68 Å². The molecule has 2 aliphatic heterocycles. The van der Waals surface area contributed by atoms with Crippen molar-refractivity contribution in [3.05, 3.63) is 41.7 Å². The molecule has 6 nitrogen and oxygen atoms in total. The van der Waals surface area contributed by atoms with E-state index in [0.717, 1.165) is 18.5 Å². The molecule has 4 rings (SSSR count). The minimum atomic E-state index is -0.186. The van der Waals surface area contributed by atoms with Crippen molar-refractivity contribution in [1.82, 2.24) is 20.0 Å². The van der Waals surface area contributed by atoms with Crippen molar-refractivity contribution in [2.24, 2.45) is 0 Å². The van der Waals surface area contributed by atoms with Gasteiger partial charge in [-0.05, 0) is 42.9 Å². The molecule has 2 saturated heterocycles. The maximum atomic E-state index is 12.9. The lowest BCUT2D eigenvalue weighted by Crippen LogP contribution is -2.39. The number of fused-ring (bicyclic) bond motifs is 2. The zero-order valence-corrected chi connectivity index (χ0v) is 15.4. The molecule has 2 unspecified atom stereocenters. The van der Waals surface area contributed by atoms with Gasteiger partial charge in [0.05, 0.1) is 11.9 Å². The number of hydrogen-bond donors (Lipinski definition) is 2. The molecule has 2 aromatic rings. The number of carbonyl (C=O) groups is 1. The predicted octanol–water partition coefficient (Wildman–Crippen LogP) is 2.67. The lowest BCUT2D eigenvalue weighted by atomic mass is 10.0. The quantitative estimate of drug-likeness (QED) is 0.889. The highest BCUT2D eigenvalue weighted by atomic mass is 16.3. The highest BCUT2D eigenvalue weighted by molar-refractivity contribution is 5.95. The van der Waals surface area contributed by atoms with Crippen LogP contribution in [0.15, 0.2) is 30.5 Å². The molecule has 2 aliphatic rings. The Labute approximate surface area is 153 Å². The molecule has 3 heterocycles. The minimum Gasteiger partial charge on any atom is -0.504 e. The molecule has 1 amide bonds. The Balaban J connectivity index is 1.55. The number of rotatable bonds is 3. The van der Waals surface area contributed by atoms with Crippen LogP contribution in [0.25, 0.3) is 5.69 Å². The van der Waals surface area contributed by atoms with Gasteiger partial charge in [0.2, 0.25) is 0 Å². The van der Waals surface area contributed by atoms with Crippen molar-refractivity contribution >= 4 is 5.91 Å². The first kappa shape index (κ1) is 17.1. The largest absolute Gasteiger partial charge is 0.504 e. The van der Waals surface area contributed by atoms with Crippen LogP contribution in [0.3, 0.4) is 0 Å². The number of nitrogens with zero attached hydrogens (tertiary/aromatic N) is 3. The van der Waals surface area contributed by atoms with E-state index >= 15 is 0 Å². The first-order valence-electron chi connectivity index (χ1n) is 9.45. The Kier molecular flexibility index (Phi) is 4.44. The SMILES string of the molecule is CC(C)c1ccc(-n2cc(O)c(C(=O)N3CCC4CCC(C3)N4)n2)cc1. The average molecular weight is 354 g/mol. The molecule has 6 heteroatoms. The van der Waals surface area contributed by atoms with Gasteiger partial charge in [-0.1, -0.05) is 26.0 Å². The summed E-state index contributed by atoms with van der Waals surface area (Å²) in [6, 6.07) is 8.91. The predicted molar refractivity (Wildman–Crippen MR) is 99.8 cm³/mol. The Hall–Kier alpha value is -2.34. The van der Waals surface area contributed by atoms with Crippen LogP contribution in [0.1, 0.15) is 55.1 Å². The maximum Gasteiger partial charge on any atom is 0.278 e. The summed E-state index contributed by atoms with van der Waals surface area (Å²) in [5, 5.41) is 18.2. The zero-order valence-electron chi connectivity index (χ0n) is 15.4. The van der Waals surface area contributed by atoms with E-state index in [2.05, 4.69) is 36.4 Å². The van der Waals surface area contributed by atoms with Gasteiger partial charge in [-0.2, -0.15) is 5.10 Å². The van der Waals surface area contributed by atoms with Crippen LogP contribution in [0, 0.1) is 0 Å². The van der Waals surface area contributed by atoms with E-state index in [-0.39, 0.29) is 17.4 Å². The van der Waals surface area contributed by atoms with Crippen molar-refractivity contribution in [3.8, 4) is 11.4 Å². The van der Waals surface area contributed by atoms with Gasteiger partial charge in [0.25, 0.3) is 5.91 Å². The molecule has 2 atom stereocenters. The first-order valence-corrected chi connectivity index (χ1v) is 9.45. The topological polar surface area (TPSA) is 70.4 Å². The van der Waals surface area contributed by atoms with Crippen molar-refractivity contribution in [1.29, 1.82) is 0 Å². The molecule has 26 heavy (non-hydrogen) atoms. The molecule has 1 aromatic carbocycles. The van der Waals surface area contributed by atoms with E-state index in [4.69, 9.17) is 0 Å². The molecule has 138 valence electrons. The van der Waals surface area contributed by atoms with Gasteiger partial charge in [0.15, 0.2) is 11.4 Å². The van der Waals surface area contributed by atoms with Crippen LogP contribution < -0.4 is 5.32 Å². The van der Waals surface area contributed by atoms with E-state index in [1.165, 1.54) is 18.2 Å². The summed E-state index contributed by atoms with van der Waals surface area (Å²) < 4.78 is 1.58. The third-order valence-electron chi connectivity index (χ3n) is 5.53. The van der Waals surface area contributed by atoms with Gasteiger partial charge in [-0.3, -0.25) is 4.79 Å². The number of aromatic nitrogens is 2. The van der Waals surface area contributed by atoms with Crippen LogP contribution in [-0.4, -0.2) is 50.9 Å². The van der Waals surface area contributed by atoms with Gasteiger partial charge < -0.3 is 15.3 Å². The standard InChI is InChI=1S/C20H26N4O2/c1-13(2)14-3-7-17(8-4-14)24-12-18(25)19(22-24)20(26)23-10-9-15-5-6-16(11-23)21-15/h3-4,7-8,12-13,15-16,21,25H,5-6,9-11H2,1-2H3. The van der Waals surface area contributed by atoms with Crippen LogP contribution in [0.5, 0.6) is 5.75 Å². The third-order valence-corrected chi connectivity index (χ3v) is 5.53. The van der Waals surface area contributed by atoms with Crippen molar-refractivity contribution in [2.75, 3.05) is 13.1 Å². The Morgan fingerprint density at radius 3 is 2.65 bits per heavy atom. The monoisotopic (exact) mass is 354 g/mol. The van der Waals surface area contributed by atoms with Crippen LogP contribution in [0.4, 0.5) is 0 Å². The minimum absolute atomic E-state index is 0.0645. The number of benzene rings is 1. The molecular weight excluding hydrogens is 328 g/mol. The van der Waals surface area contributed by atoms with Gasteiger partial charge in [0.1, 0.15) is 0 Å². The lowest BCUT2D eigenvalue weighted by Gasteiger charge is -2.23. The number of nitrogens with one attached hydrogen (secondary N) is 1. The Morgan fingerprint density at radius 2 is 1.92 bits per heavy atom. The van der Waals surface area contributed by atoms with Crippen molar-refractivity contribution in [3.63, 3.8) is 0 Å². The molecule has 0 saturated carbocycles. The number of hydrogen-bond acceptors (Lipinski definition) is 4. The highest BCUT2D eigenvalue weighted by Crippen LogP contribution is 2.25. The summed E-state index contributed by atoms with van der Waals surface area (Å²) in [5.41, 5.74) is 2.21. The first-order chi connectivity index (χ1) is 12.5. The number of carbonyl (C=O) groups excluding carboxylic acids is 1. The molecule has 1 aromatic heterocycles. The Morgan fingerprint density at radius 1 is 1.19 bits per heavy atom. The van der Waals surface area contributed by atoms with Crippen LogP contribution in [0.2, 0.25) is 0 Å². The fourth-order valence-corrected chi connectivity index (χ4v) is 3.94. The number of amides is 1. The normalized spacial score (nSPS) is 22.7. The summed E-state index contributed by atoms with van der Waals surface area (Å²) in [4.78, 5) is 14.7. The summed E-state index contributed by atoms with van der Waals surface area (Å²) in [7, 11) is 0. The van der Waals surface area contributed by atoms with Crippen LogP contribution in [-0.2, 0) is 0 Å². The molecular formula is C20H26N4O2. The molecule has 0 spiro atoms. The molecule has 2 bridgehead atoms. The summed E-state index contributed by atoms with van der Waals surface area (Å²) in [6.07, 6.45) is 4.77. The maximum absolute atomic E-state index is 12.9. The molecule has 2 fully saturated rings. The highest BCUT2D eigenvalue weighted by Gasteiger charge is 2.33. The smallest absolute Gasteiger partial charge is 0.278 e. The van der Waals surface area contributed by atoms with E-state index in [1.807, 2.05) is 17.0 Å². The fourth-order valence-electron chi connectivity index (χ4n) is 3.94. The van der Waals surface area contributed by atoms with Gasteiger partial charge >= 0.3 is 0 Å². The fraction of sp³-hybridized carbons (Fsp3) is 0.500. The average Bonchev–Trinajstić information content (AvgIpc) is 3.16. The molecule has 0 aliphatic carbocycles. The number of likely N-dealkylation sites (tertiary alicyclic amines) is 1. The summed E-state index contributed by atoms with van der Waals surface area (Å²) in [6.45, 7) is 5.69. The molecule has 2 N–H and O–H groups in total. The lowest BCUT2D eigenvalue weighted by molar-refractivity contribution is 0.0739. The van der Waals surface area contributed by atoms with Crippen LogP contribution >= 0.6 is 0 Å². The van der Waals surface area contributed by atoms with E-state index in [1.54, 1.807) is 4.68 Å². The van der Waals surface area contributed by atoms with Gasteiger partial charge in [-0.15, -0.1) is 0 Å². The summed E-state index contributed by atoms with van der Waals surface area (Å²) in [5.74, 6) is 0.207. The second-order valence-corrected chi connectivity index (χ2v) is 7.73. The number of aromatic hydroxyl groups is 1. The van der Waals surface area contributed by atoms with Crippen molar-refractivity contribution < 1.29 is 9.90 Å². The van der Waals surface area contributed by atoms with E-state index < -0.39 is 0 Å². The Bertz CT molecular complexity index is 797. The van der Waals surface area contributed by atoms with Gasteiger partial charge in [0, 0.05) is 25.2 Å². The van der Waals surface area contributed by atoms with E-state index in [0.29, 0.717) is 31.1 Å². The van der Waals surface area contributed by atoms with Crippen molar-refractivity contribution in [2.45, 2.75) is 51.1 Å². The third kappa shape index (κ3) is 3.21.